The van der Waals surface area contributed by atoms with Gasteiger partial charge in [-0.25, -0.2) is 4.98 Å². The lowest BCUT2D eigenvalue weighted by Gasteiger charge is -2.29. The van der Waals surface area contributed by atoms with Gasteiger partial charge < -0.3 is 21.3 Å². The van der Waals surface area contributed by atoms with Crippen LogP contribution in [0.25, 0.3) is 0 Å². The van der Waals surface area contributed by atoms with Crippen molar-refractivity contribution in [3.05, 3.63) is 23.4 Å². The normalized spacial score (nSPS) is 25.5. The fourth-order valence-electron chi connectivity index (χ4n) is 4.06. The number of hydrogen-bond donors (Lipinski definition) is 3. The van der Waals surface area contributed by atoms with E-state index in [-0.39, 0.29) is 23.9 Å². The Kier molecular flexibility index (Phi) is 5.76. The van der Waals surface area contributed by atoms with Crippen molar-refractivity contribution in [3.63, 3.8) is 0 Å². The van der Waals surface area contributed by atoms with E-state index >= 15 is 0 Å². The van der Waals surface area contributed by atoms with Gasteiger partial charge in [0, 0.05) is 18.8 Å². The summed E-state index contributed by atoms with van der Waals surface area (Å²) in [5.74, 6) is 0.838. The summed E-state index contributed by atoms with van der Waals surface area (Å²) < 4.78 is 0. The zero-order chi connectivity index (χ0) is 18.7. The smallest absolute Gasteiger partial charge is 0.243 e. The number of rotatable bonds is 5. The Morgan fingerprint density at radius 1 is 1.38 bits per heavy atom. The zero-order valence-electron chi connectivity index (χ0n) is 15.6. The molecule has 1 aromatic heterocycles. The number of aromatic nitrogens is 1. The second-order valence-corrected chi connectivity index (χ2v) is 7.28. The third-order valence-electron chi connectivity index (χ3n) is 5.65. The highest BCUT2D eigenvalue weighted by Gasteiger charge is 2.40. The summed E-state index contributed by atoms with van der Waals surface area (Å²) in [6.45, 7) is 5.93. The first-order valence-corrected chi connectivity index (χ1v) is 9.54. The minimum absolute atomic E-state index is 0.0809. The molecule has 26 heavy (non-hydrogen) atoms. The number of nitrogens with zero attached hydrogens (tertiary/aromatic N) is 2. The molecular formula is C19H29N5O2. The van der Waals surface area contributed by atoms with Gasteiger partial charge in [-0.3, -0.25) is 9.59 Å². The molecule has 0 radical (unpaired) electrons. The van der Waals surface area contributed by atoms with Crippen LogP contribution in [-0.4, -0.2) is 46.9 Å². The van der Waals surface area contributed by atoms with E-state index in [0.29, 0.717) is 24.8 Å². The van der Waals surface area contributed by atoms with Gasteiger partial charge in [-0.2, -0.15) is 0 Å². The molecule has 0 unspecified atom stereocenters. The molecule has 1 aromatic rings. The van der Waals surface area contributed by atoms with Gasteiger partial charge in [-0.05, 0) is 50.3 Å². The standard InChI is InChI=1S/C19H29N5O2/c1-3-13-8-9-21-17(13)19(26)24-10-4-5-15(24)18(25)22-11-14-6-7-16(20)23-12(14)2/h6-7,13,15,17,21H,3-5,8-11H2,1-2H3,(H2,20,23)(H,22,25)/t13-,15+,17-/m1/s1. The molecule has 0 bridgehead atoms. The van der Waals surface area contributed by atoms with E-state index < -0.39 is 0 Å². The summed E-state index contributed by atoms with van der Waals surface area (Å²) in [5.41, 5.74) is 7.42. The van der Waals surface area contributed by atoms with Crippen molar-refractivity contribution < 1.29 is 9.59 Å². The van der Waals surface area contributed by atoms with E-state index in [1.807, 2.05) is 13.0 Å². The fourth-order valence-corrected chi connectivity index (χ4v) is 4.06. The number of amides is 2. The lowest BCUT2D eigenvalue weighted by Crippen LogP contribution is -2.52. The molecule has 0 spiro atoms. The van der Waals surface area contributed by atoms with Crippen LogP contribution < -0.4 is 16.4 Å². The van der Waals surface area contributed by atoms with E-state index in [1.54, 1.807) is 11.0 Å². The predicted octanol–water partition coefficient (Wildman–Crippen LogP) is 0.968. The fraction of sp³-hybridized carbons (Fsp3) is 0.632. The van der Waals surface area contributed by atoms with Crippen molar-refractivity contribution >= 4 is 17.6 Å². The largest absolute Gasteiger partial charge is 0.384 e. The van der Waals surface area contributed by atoms with E-state index in [1.165, 1.54) is 0 Å². The highest BCUT2D eigenvalue weighted by Crippen LogP contribution is 2.25. The van der Waals surface area contributed by atoms with Crippen LogP contribution in [0.2, 0.25) is 0 Å². The molecule has 7 heteroatoms. The number of anilines is 1. The van der Waals surface area contributed by atoms with Crippen molar-refractivity contribution in [1.82, 2.24) is 20.5 Å². The number of carbonyl (C=O) groups excluding carboxylic acids is 2. The molecule has 3 rings (SSSR count). The van der Waals surface area contributed by atoms with Crippen LogP contribution in [0.15, 0.2) is 12.1 Å². The van der Waals surface area contributed by atoms with Crippen LogP contribution in [0.4, 0.5) is 5.82 Å². The van der Waals surface area contributed by atoms with E-state index in [2.05, 4.69) is 22.5 Å². The third kappa shape index (κ3) is 3.82. The monoisotopic (exact) mass is 359 g/mol. The third-order valence-corrected chi connectivity index (χ3v) is 5.65. The first-order valence-electron chi connectivity index (χ1n) is 9.54. The van der Waals surface area contributed by atoms with Crippen LogP contribution >= 0.6 is 0 Å². The Bertz CT molecular complexity index is 678. The van der Waals surface area contributed by atoms with Gasteiger partial charge in [-0.1, -0.05) is 19.4 Å². The van der Waals surface area contributed by atoms with Crippen LogP contribution in [-0.2, 0) is 16.1 Å². The van der Waals surface area contributed by atoms with E-state index in [9.17, 15) is 9.59 Å². The van der Waals surface area contributed by atoms with E-state index in [0.717, 1.165) is 43.5 Å². The van der Waals surface area contributed by atoms with Crippen molar-refractivity contribution in [2.45, 2.75) is 58.2 Å². The minimum Gasteiger partial charge on any atom is -0.384 e. The van der Waals surface area contributed by atoms with Gasteiger partial charge in [0.25, 0.3) is 0 Å². The molecule has 0 saturated carbocycles. The molecule has 2 saturated heterocycles. The summed E-state index contributed by atoms with van der Waals surface area (Å²) in [4.78, 5) is 31.7. The zero-order valence-corrected chi connectivity index (χ0v) is 15.6. The summed E-state index contributed by atoms with van der Waals surface area (Å²) in [5, 5.41) is 6.29. The molecule has 3 atom stereocenters. The Labute approximate surface area is 154 Å². The van der Waals surface area contributed by atoms with Gasteiger partial charge in [0.2, 0.25) is 11.8 Å². The number of hydrogen-bond acceptors (Lipinski definition) is 5. The first kappa shape index (κ1) is 18.6. The second kappa shape index (κ2) is 8.03. The van der Waals surface area contributed by atoms with E-state index in [4.69, 9.17) is 5.73 Å². The second-order valence-electron chi connectivity index (χ2n) is 7.28. The molecule has 2 aliphatic heterocycles. The van der Waals surface area contributed by atoms with Crippen LogP contribution in [0.3, 0.4) is 0 Å². The van der Waals surface area contributed by atoms with Gasteiger partial charge in [0.1, 0.15) is 11.9 Å². The maximum absolute atomic E-state index is 13.0. The highest BCUT2D eigenvalue weighted by atomic mass is 16.2. The topological polar surface area (TPSA) is 100 Å². The molecule has 2 amide bonds. The number of likely N-dealkylation sites (tertiary alicyclic amines) is 1. The lowest BCUT2D eigenvalue weighted by atomic mass is 9.96. The van der Waals surface area contributed by atoms with Crippen molar-refractivity contribution in [3.8, 4) is 0 Å². The molecule has 2 aliphatic rings. The van der Waals surface area contributed by atoms with Gasteiger partial charge in [-0.15, -0.1) is 0 Å². The molecule has 2 fully saturated rings. The molecule has 0 aliphatic carbocycles. The summed E-state index contributed by atoms with van der Waals surface area (Å²) in [6.07, 6.45) is 3.61. The van der Waals surface area contributed by atoms with Crippen LogP contribution in [0, 0.1) is 12.8 Å². The first-order chi connectivity index (χ1) is 12.5. The Balaban J connectivity index is 1.62. The number of nitrogen functional groups attached to an aromatic ring is 1. The average molecular weight is 359 g/mol. The van der Waals surface area contributed by atoms with Gasteiger partial charge in [0.05, 0.1) is 6.04 Å². The average Bonchev–Trinajstić information content (AvgIpc) is 3.29. The Morgan fingerprint density at radius 2 is 2.19 bits per heavy atom. The molecule has 7 nitrogen and oxygen atoms in total. The molecular weight excluding hydrogens is 330 g/mol. The number of nitrogens with two attached hydrogens (primary N) is 1. The molecule has 142 valence electrons. The van der Waals surface area contributed by atoms with Crippen LogP contribution in [0.5, 0.6) is 0 Å². The van der Waals surface area contributed by atoms with Crippen molar-refractivity contribution in [2.24, 2.45) is 5.92 Å². The molecule has 0 aromatic carbocycles. The molecule has 3 heterocycles. The predicted molar refractivity (Wildman–Crippen MR) is 100 cm³/mol. The number of aryl methyl sites for hydroxylation is 1. The summed E-state index contributed by atoms with van der Waals surface area (Å²) >= 11 is 0. The number of nitrogens with one attached hydrogen (secondary N) is 2. The lowest BCUT2D eigenvalue weighted by molar-refractivity contribution is -0.140. The Hall–Kier alpha value is -2.15. The van der Waals surface area contributed by atoms with Gasteiger partial charge >= 0.3 is 0 Å². The SMILES string of the molecule is CC[C@@H]1CCN[C@H]1C(=O)N1CCC[C@H]1C(=O)NCc1ccc(N)nc1C. The highest BCUT2D eigenvalue weighted by molar-refractivity contribution is 5.90. The van der Waals surface area contributed by atoms with Crippen LogP contribution in [0.1, 0.15) is 43.9 Å². The quantitative estimate of drug-likeness (QED) is 0.727. The maximum atomic E-state index is 13.0. The maximum Gasteiger partial charge on any atom is 0.243 e. The number of carbonyl (C=O) groups is 2. The number of pyridine rings is 1. The van der Waals surface area contributed by atoms with Crippen molar-refractivity contribution in [2.75, 3.05) is 18.8 Å². The Morgan fingerprint density at radius 3 is 2.92 bits per heavy atom. The summed E-state index contributed by atoms with van der Waals surface area (Å²) in [7, 11) is 0. The minimum atomic E-state index is -0.371. The molecule has 4 N–H and O–H groups in total. The van der Waals surface area contributed by atoms with Crippen molar-refractivity contribution in [1.29, 1.82) is 0 Å². The summed E-state index contributed by atoms with van der Waals surface area (Å²) in [6, 6.07) is 3.10. The van der Waals surface area contributed by atoms with Gasteiger partial charge in [0.15, 0.2) is 0 Å².